The molecule has 4 N–H and O–H groups in total. The molecule has 1 aliphatic rings. The number of amides is 2. The number of nitrogens with one attached hydrogen (secondary N) is 2. The Morgan fingerprint density at radius 2 is 1.79 bits per heavy atom. The zero-order valence-electron chi connectivity index (χ0n) is 22.2. The number of hydrogen-bond donors (Lipinski definition) is 3. The summed E-state index contributed by atoms with van der Waals surface area (Å²) in [6.45, 7) is 5.30. The van der Waals surface area contributed by atoms with Gasteiger partial charge in [0, 0.05) is 17.8 Å². The minimum Gasteiger partial charge on any atom is -0.343 e. The summed E-state index contributed by atoms with van der Waals surface area (Å²) < 4.78 is 42.0. The predicted octanol–water partition coefficient (Wildman–Crippen LogP) is 3.49. The first-order chi connectivity index (χ1) is 18.4. The van der Waals surface area contributed by atoms with Gasteiger partial charge in [-0.1, -0.05) is 49.4 Å². The molecule has 10 heteroatoms. The molecule has 0 saturated heterocycles. The van der Waals surface area contributed by atoms with Crippen LogP contribution in [0.15, 0.2) is 71.6 Å². The number of carbonyl (C=O) groups excluding carboxylic acids is 2. The third kappa shape index (κ3) is 6.35. The fourth-order valence-corrected chi connectivity index (χ4v) is 5.84. The molecule has 1 aliphatic heterocycles. The highest BCUT2D eigenvalue weighted by atomic mass is 32.2. The Hall–Kier alpha value is -3.60. The van der Waals surface area contributed by atoms with E-state index in [4.69, 9.17) is 5.73 Å². The van der Waals surface area contributed by atoms with E-state index in [1.54, 1.807) is 68.1 Å². The van der Waals surface area contributed by atoms with E-state index in [-0.39, 0.29) is 23.9 Å². The molecule has 39 heavy (non-hydrogen) atoms. The van der Waals surface area contributed by atoms with Gasteiger partial charge in [0.05, 0.1) is 17.0 Å². The normalized spacial score (nSPS) is 16.0. The maximum Gasteiger partial charge on any atom is 0.249 e. The van der Waals surface area contributed by atoms with Crippen LogP contribution in [0.25, 0.3) is 11.1 Å². The number of nitrogens with two attached hydrogens (primary N) is 1. The molecule has 0 bridgehead atoms. The fourth-order valence-electron chi connectivity index (χ4n) is 4.57. The number of nitrogens with zero attached hydrogens (tertiary/aromatic N) is 1. The molecule has 8 nitrogen and oxygen atoms in total. The number of benzene rings is 3. The second-order valence-electron chi connectivity index (χ2n) is 10.2. The largest absolute Gasteiger partial charge is 0.343 e. The van der Waals surface area contributed by atoms with Crippen molar-refractivity contribution in [3.05, 3.63) is 83.7 Å². The van der Waals surface area contributed by atoms with Crippen molar-refractivity contribution in [1.29, 1.82) is 0 Å². The van der Waals surface area contributed by atoms with Gasteiger partial charge in [-0.3, -0.25) is 9.59 Å². The third-order valence-corrected chi connectivity index (χ3v) is 8.21. The van der Waals surface area contributed by atoms with E-state index in [1.165, 1.54) is 12.1 Å². The summed E-state index contributed by atoms with van der Waals surface area (Å²) in [7, 11) is -3.67. The van der Waals surface area contributed by atoms with Crippen molar-refractivity contribution in [2.24, 2.45) is 5.73 Å². The quantitative estimate of drug-likeness (QED) is 0.395. The third-order valence-electron chi connectivity index (χ3n) is 6.61. The topological polar surface area (TPSA) is 122 Å². The van der Waals surface area contributed by atoms with E-state index in [1.807, 2.05) is 12.1 Å². The second kappa shape index (κ2) is 11.3. The van der Waals surface area contributed by atoms with Crippen LogP contribution in [0.2, 0.25) is 0 Å². The predicted molar refractivity (Wildman–Crippen MR) is 149 cm³/mol. The Balaban J connectivity index is 1.65. The Kier molecular flexibility index (Phi) is 8.20. The van der Waals surface area contributed by atoms with Gasteiger partial charge in [0.1, 0.15) is 11.9 Å². The second-order valence-corrected chi connectivity index (χ2v) is 11.9. The lowest BCUT2D eigenvalue weighted by Crippen LogP contribution is -2.56. The Morgan fingerprint density at radius 3 is 2.46 bits per heavy atom. The van der Waals surface area contributed by atoms with Crippen LogP contribution in [0.1, 0.15) is 38.3 Å². The first-order valence-electron chi connectivity index (χ1n) is 12.8. The summed E-state index contributed by atoms with van der Waals surface area (Å²) in [6.07, 6.45) is 0.713. The Morgan fingerprint density at radius 1 is 1.10 bits per heavy atom. The number of rotatable bonds is 8. The minimum atomic E-state index is -3.67. The molecular weight excluding hydrogens is 519 g/mol. The van der Waals surface area contributed by atoms with Crippen molar-refractivity contribution >= 4 is 27.5 Å². The van der Waals surface area contributed by atoms with E-state index in [2.05, 4.69) is 10.0 Å². The van der Waals surface area contributed by atoms with Crippen molar-refractivity contribution in [3.8, 4) is 11.1 Å². The molecule has 4 rings (SSSR count). The highest BCUT2D eigenvalue weighted by Gasteiger charge is 2.34. The van der Waals surface area contributed by atoms with Crippen molar-refractivity contribution in [2.75, 3.05) is 11.4 Å². The van der Waals surface area contributed by atoms with Gasteiger partial charge in [-0.15, -0.1) is 0 Å². The van der Waals surface area contributed by atoms with Crippen LogP contribution in [0.5, 0.6) is 0 Å². The van der Waals surface area contributed by atoms with Crippen molar-refractivity contribution < 1.29 is 22.4 Å². The fraction of sp³-hybridized carbons (Fsp3) is 0.310. The summed E-state index contributed by atoms with van der Waals surface area (Å²) in [6, 6.07) is 17.5. The zero-order chi connectivity index (χ0) is 28.4. The lowest BCUT2D eigenvalue weighted by atomic mass is 10.0. The number of aryl methyl sites for hydroxylation is 1. The van der Waals surface area contributed by atoms with Gasteiger partial charge in [-0.05, 0) is 67.6 Å². The van der Waals surface area contributed by atoms with Gasteiger partial charge in [0.2, 0.25) is 21.8 Å². The molecule has 1 atom stereocenters. The molecule has 0 radical (unpaired) electrons. The van der Waals surface area contributed by atoms with Gasteiger partial charge in [-0.2, -0.15) is 0 Å². The number of anilines is 1. The summed E-state index contributed by atoms with van der Waals surface area (Å²) in [5.74, 6) is -1.17. The molecule has 0 aromatic heterocycles. The van der Waals surface area contributed by atoms with Crippen LogP contribution in [-0.4, -0.2) is 38.4 Å². The van der Waals surface area contributed by atoms with E-state index in [0.29, 0.717) is 35.2 Å². The monoisotopic (exact) mass is 552 g/mol. The zero-order valence-corrected chi connectivity index (χ0v) is 23.0. The van der Waals surface area contributed by atoms with Gasteiger partial charge >= 0.3 is 0 Å². The average molecular weight is 553 g/mol. The number of fused-ring (bicyclic) bond motifs is 1. The van der Waals surface area contributed by atoms with E-state index >= 15 is 0 Å². The van der Waals surface area contributed by atoms with E-state index in [0.717, 1.165) is 5.56 Å². The first-order valence-corrected chi connectivity index (χ1v) is 14.3. The van der Waals surface area contributed by atoms with Crippen LogP contribution in [-0.2, 0) is 32.6 Å². The molecule has 3 aromatic rings. The first kappa shape index (κ1) is 28.4. The minimum absolute atomic E-state index is 0.174. The van der Waals surface area contributed by atoms with Crippen molar-refractivity contribution in [3.63, 3.8) is 0 Å². The molecule has 2 amide bonds. The van der Waals surface area contributed by atoms with Crippen LogP contribution in [0, 0.1) is 5.82 Å². The summed E-state index contributed by atoms with van der Waals surface area (Å²) >= 11 is 0. The molecule has 0 unspecified atom stereocenters. The Bertz CT molecular complexity index is 1480. The van der Waals surface area contributed by atoms with E-state index < -0.39 is 33.3 Å². The summed E-state index contributed by atoms with van der Waals surface area (Å²) in [5.41, 5.74) is 8.06. The maximum atomic E-state index is 14.1. The standard InChI is InChI=1S/C29H33FN4O4S/c1-4-32-39(37,38)26-8-6-5-7-23(26)20-11-9-19(10-12-20)18-34-25-16-14-22(30)17-21(25)13-15-24(27(34)35)33-28(36)29(2,3)31/h5-12,14,16-17,24,32H,4,13,15,18,31H2,1-3H3,(H,33,36)/t24-/m1/s1. The van der Waals surface area contributed by atoms with Gasteiger partial charge in [0.25, 0.3) is 0 Å². The van der Waals surface area contributed by atoms with Crippen LogP contribution >= 0.6 is 0 Å². The van der Waals surface area contributed by atoms with Crippen molar-refractivity contribution in [2.45, 2.75) is 56.6 Å². The molecule has 0 fully saturated rings. The van der Waals surface area contributed by atoms with Crippen LogP contribution in [0.3, 0.4) is 0 Å². The number of hydrogen-bond acceptors (Lipinski definition) is 5. The van der Waals surface area contributed by atoms with Gasteiger partial charge in [-0.25, -0.2) is 17.5 Å². The molecule has 0 saturated carbocycles. The summed E-state index contributed by atoms with van der Waals surface area (Å²) in [4.78, 5) is 28.0. The Labute approximate surface area is 228 Å². The SMILES string of the molecule is CCNS(=O)(=O)c1ccccc1-c1ccc(CN2C(=O)[C@H](NC(=O)C(C)(C)N)CCc3cc(F)ccc32)cc1. The number of sulfonamides is 1. The molecule has 3 aromatic carbocycles. The lowest BCUT2D eigenvalue weighted by molar-refractivity contribution is -0.130. The van der Waals surface area contributed by atoms with Crippen molar-refractivity contribution in [1.82, 2.24) is 10.0 Å². The molecule has 0 aliphatic carbocycles. The maximum absolute atomic E-state index is 14.1. The lowest BCUT2D eigenvalue weighted by Gasteiger charge is -2.28. The molecule has 1 heterocycles. The smallest absolute Gasteiger partial charge is 0.249 e. The summed E-state index contributed by atoms with van der Waals surface area (Å²) in [5, 5.41) is 2.76. The molecule has 206 valence electrons. The average Bonchev–Trinajstić information content (AvgIpc) is 3.00. The highest BCUT2D eigenvalue weighted by Crippen LogP contribution is 2.31. The van der Waals surface area contributed by atoms with Gasteiger partial charge < -0.3 is 16.0 Å². The molecular formula is C29H33FN4O4S. The number of halogens is 1. The van der Waals surface area contributed by atoms with Crippen LogP contribution in [0.4, 0.5) is 10.1 Å². The molecule has 0 spiro atoms. The van der Waals surface area contributed by atoms with E-state index in [9.17, 15) is 22.4 Å². The highest BCUT2D eigenvalue weighted by molar-refractivity contribution is 7.89. The van der Waals surface area contributed by atoms with Crippen LogP contribution < -0.4 is 20.7 Å². The van der Waals surface area contributed by atoms with Gasteiger partial charge in [0.15, 0.2) is 0 Å². The number of carbonyl (C=O) groups is 2.